The molecule has 6 heteroatoms. The minimum atomic E-state index is -3.44. The van der Waals surface area contributed by atoms with E-state index in [9.17, 15) is 4.57 Å². The topological polar surface area (TPSA) is 48.0 Å². The third-order valence-electron chi connectivity index (χ3n) is 1.58. The Hall–Kier alpha value is -0.190. The van der Waals surface area contributed by atoms with E-state index in [0.717, 1.165) is 0 Å². The summed E-state index contributed by atoms with van der Waals surface area (Å²) in [6, 6.07) is 0. The maximum absolute atomic E-state index is 11.7. The minimum Gasteiger partial charge on any atom is -0.290 e. The third kappa shape index (κ3) is 4.88. The van der Waals surface area contributed by atoms with Crippen LogP contribution in [-0.4, -0.2) is 38.9 Å². The minimum absolute atomic E-state index is 0.130. The highest BCUT2D eigenvalue weighted by Gasteiger charge is 2.27. The van der Waals surface area contributed by atoms with Gasteiger partial charge in [0.1, 0.15) is 6.23 Å². The second kappa shape index (κ2) is 6.32. The van der Waals surface area contributed by atoms with Gasteiger partial charge in [0, 0.05) is 7.11 Å². The van der Waals surface area contributed by atoms with Crippen molar-refractivity contribution in [3.05, 3.63) is 12.7 Å². The Labute approximate surface area is 85.3 Å². The van der Waals surface area contributed by atoms with Gasteiger partial charge in [-0.25, -0.2) is 4.57 Å². The van der Waals surface area contributed by atoms with Gasteiger partial charge in [-0.15, -0.1) is 6.58 Å². The summed E-state index contributed by atoms with van der Waals surface area (Å²) < 4.78 is 26.5. The second-order valence-corrected chi connectivity index (χ2v) is 4.61. The van der Waals surface area contributed by atoms with Gasteiger partial charge in [0.25, 0.3) is 0 Å². The fourth-order valence-corrected chi connectivity index (χ4v) is 1.65. The Kier molecular flexibility index (Phi) is 6.24. The van der Waals surface area contributed by atoms with Gasteiger partial charge in [-0.1, -0.05) is 6.08 Å². The summed E-state index contributed by atoms with van der Waals surface area (Å²) in [5.41, 5.74) is 0. The first-order chi connectivity index (χ1) is 6.45. The zero-order valence-corrected chi connectivity index (χ0v) is 9.99. The fourth-order valence-electron chi connectivity index (χ4n) is 0.551. The lowest BCUT2D eigenvalue weighted by Gasteiger charge is -2.24. The van der Waals surface area contributed by atoms with E-state index in [0.29, 0.717) is 0 Å². The molecule has 0 aliphatic heterocycles. The maximum atomic E-state index is 11.7. The van der Waals surface area contributed by atoms with E-state index < -0.39 is 7.82 Å². The summed E-state index contributed by atoms with van der Waals surface area (Å²) in [5, 5.41) is 0. The van der Waals surface area contributed by atoms with Crippen LogP contribution in [0.25, 0.3) is 0 Å². The van der Waals surface area contributed by atoms with Crippen molar-refractivity contribution >= 4 is 7.82 Å². The van der Waals surface area contributed by atoms with Gasteiger partial charge >= 0.3 is 7.82 Å². The zero-order valence-electron chi connectivity index (χ0n) is 9.10. The van der Waals surface area contributed by atoms with Gasteiger partial charge in [-0.3, -0.25) is 18.5 Å². The van der Waals surface area contributed by atoms with Crippen LogP contribution in [0.4, 0.5) is 0 Å². The molecule has 0 rings (SSSR count). The molecule has 5 nitrogen and oxygen atoms in total. The van der Waals surface area contributed by atoms with E-state index in [1.165, 1.54) is 13.2 Å². The van der Waals surface area contributed by atoms with Crippen LogP contribution in [0.3, 0.4) is 0 Å². The molecular weight excluding hydrogens is 205 g/mol. The summed E-state index contributed by atoms with van der Waals surface area (Å²) in [5.74, 6) is 0. The molecule has 0 N–H and O–H groups in total. The molecule has 0 aromatic heterocycles. The average Bonchev–Trinajstić information content (AvgIpc) is 2.14. The van der Waals surface area contributed by atoms with Crippen molar-refractivity contribution < 1.29 is 18.1 Å². The van der Waals surface area contributed by atoms with Crippen LogP contribution in [0.5, 0.6) is 0 Å². The smallest absolute Gasteiger partial charge is 0.290 e. The largest absolute Gasteiger partial charge is 0.476 e. The molecule has 0 amide bonds. The summed E-state index contributed by atoms with van der Waals surface area (Å²) in [7, 11) is 1.45. The predicted octanol–water partition coefficient (Wildman–Crippen LogP) is 1.87. The molecule has 2 atom stereocenters. The van der Waals surface area contributed by atoms with E-state index in [4.69, 9.17) is 13.6 Å². The van der Waals surface area contributed by atoms with E-state index in [1.807, 2.05) is 0 Å². The summed E-state index contributed by atoms with van der Waals surface area (Å²) in [6.45, 7) is 5.33. The van der Waals surface area contributed by atoms with E-state index in [1.54, 1.807) is 25.9 Å². The SMILES string of the molecule is C=CCOP(=O)(OC)OC(C)N(C)C. The van der Waals surface area contributed by atoms with Crippen molar-refractivity contribution in [2.24, 2.45) is 0 Å². The van der Waals surface area contributed by atoms with E-state index in [2.05, 4.69) is 6.58 Å². The monoisotopic (exact) mass is 223 g/mol. The summed E-state index contributed by atoms with van der Waals surface area (Å²) in [6.07, 6.45) is 1.14. The Morgan fingerprint density at radius 3 is 2.50 bits per heavy atom. The Morgan fingerprint density at radius 2 is 2.14 bits per heavy atom. The van der Waals surface area contributed by atoms with Crippen LogP contribution in [0.1, 0.15) is 6.92 Å². The molecule has 0 radical (unpaired) electrons. The lowest BCUT2D eigenvalue weighted by atomic mass is 10.6. The van der Waals surface area contributed by atoms with Crippen molar-refractivity contribution in [2.75, 3.05) is 27.8 Å². The van der Waals surface area contributed by atoms with Crippen LogP contribution in [-0.2, 0) is 18.1 Å². The Morgan fingerprint density at radius 1 is 1.57 bits per heavy atom. The molecular formula is C8H18NO4P. The Bertz CT molecular complexity index is 219. The molecule has 14 heavy (non-hydrogen) atoms. The number of rotatable bonds is 7. The molecule has 0 spiro atoms. The van der Waals surface area contributed by atoms with Crippen molar-refractivity contribution in [2.45, 2.75) is 13.2 Å². The van der Waals surface area contributed by atoms with Gasteiger partial charge in [0.2, 0.25) is 0 Å². The highest BCUT2D eigenvalue weighted by molar-refractivity contribution is 7.48. The first-order valence-electron chi connectivity index (χ1n) is 4.21. The molecule has 0 bridgehead atoms. The average molecular weight is 223 g/mol. The van der Waals surface area contributed by atoms with Gasteiger partial charge in [0.15, 0.2) is 0 Å². The highest BCUT2D eigenvalue weighted by atomic mass is 31.2. The fraction of sp³-hybridized carbons (Fsp3) is 0.750. The molecule has 0 aromatic rings. The van der Waals surface area contributed by atoms with Gasteiger partial charge < -0.3 is 0 Å². The number of hydrogen-bond donors (Lipinski definition) is 0. The third-order valence-corrected chi connectivity index (χ3v) is 3.06. The van der Waals surface area contributed by atoms with Gasteiger partial charge in [-0.05, 0) is 21.0 Å². The molecule has 0 aromatic carbocycles. The maximum Gasteiger partial charge on any atom is 0.476 e. The van der Waals surface area contributed by atoms with Crippen LogP contribution >= 0.6 is 7.82 Å². The second-order valence-electron chi connectivity index (χ2n) is 2.88. The molecule has 0 aliphatic carbocycles. The number of hydrogen-bond acceptors (Lipinski definition) is 5. The number of nitrogens with zero attached hydrogens (tertiary/aromatic N) is 1. The molecule has 0 heterocycles. The quantitative estimate of drug-likeness (QED) is 0.374. The van der Waals surface area contributed by atoms with Crippen molar-refractivity contribution in [1.29, 1.82) is 0 Å². The molecule has 2 unspecified atom stereocenters. The van der Waals surface area contributed by atoms with Crippen molar-refractivity contribution in [3.8, 4) is 0 Å². The van der Waals surface area contributed by atoms with Crippen LogP contribution in [0, 0.1) is 0 Å². The summed E-state index contributed by atoms with van der Waals surface area (Å²) in [4.78, 5) is 1.75. The summed E-state index contributed by atoms with van der Waals surface area (Å²) >= 11 is 0. The van der Waals surface area contributed by atoms with Crippen LogP contribution in [0.2, 0.25) is 0 Å². The standard InChI is InChI=1S/C8H18NO4P/c1-6-7-12-14(10,11-5)13-8(2)9(3)4/h6,8H,1,7H2,2-5H3. The predicted molar refractivity (Wildman–Crippen MR) is 55.0 cm³/mol. The zero-order chi connectivity index (χ0) is 11.2. The Balaban J connectivity index is 4.24. The lowest BCUT2D eigenvalue weighted by Crippen LogP contribution is -2.27. The van der Waals surface area contributed by atoms with Crippen molar-refractivity contribution in [3.63, 3.8) is 0 Å². The molecule has 0 saturated heterocycles. The first-order valence-corrected chi connectivity index (χ1v) is 5.67. The molecule has 0 saturated carbocycles. The van der Waals surface area contributed by atoms with E-state index >= 15 is 0 Å². The normalized spacial score (nSPS) is 17.8. The lowest BCUT2D eigenvalue weighted by molar-refractivity contribution is 0.0322. The van der Waals surface area contributed by atoms with Crippen LogP contribution in [0.15, 0.2) is 12.7 Å². The van der Waals surface area contributed by atoms with E-state index in [-0.39, 0.29) is 12.8 Å². The molecule has 0 fully saturated rings. The first kappa shape index (κ1) is 13.8. The number of phosphoric ester groups is 1. The van der Waals surface area contributed by atoms with Crippen molar-refractivity contribution in [1.82, 2.24) is 4.90 Å². The molecule has 0 aliphatic rings. The molecule has 84 valence electrons. The van der Waals surface area contributed by atoms with Gasteiger partial charge in [0.05, 0.1) is 6.61 Å². The van der Waals surface area contributed by atoms with Crippen LogP contribution < -0.4 is 0 Å². The highest BCUT2D eigenvalue weighted by Crippen LogP contribution is 2.49. The number of phosphoric acid groups is 1. The van der Waals surface area contributed by atoms with Gasteiger partial charge in [-0.2, -0.15) is 0 Å².